The van der Waals surface area contributed by atoms with E-state index in [1.807, 2.05) is 24.3 Å². The topological polar surface area (TPSA) is 44.8 Å². The average Bonchev–Trinajstić information content (AvgIpc) is 3.21. The van der Waals surface area contributed by atoms with Crippen LogP contribution in [0.4, 0.5) is 15.1 Å². The van der Waals surface area contributed by atoms with Crippen molar-refractivity contribution in [3.63, 3.8) is 0 Å². The molecule has 1 N–H and O–H groups in total. The standard InChI is InChI=1S/C24H24FN3O2S2/c1-30-23(29)21-16-20(15-17-5-3-2-4-6-17)32-22(21)26-24(31)28-13-11-27(12-14-28)19-9-7-18(25)8-10-19/h2-10,16H,11-15H2,1H3,(H,26,31). The summed E-state index contributed by atoms with van der Waals surface area (Å²) < 4.78 is 18.2. The van der Waals surface area contributed by atoms with Gasteiger partial charge in [0, 0.05) is 43.2 Å². The van der Waals surface area contributed by atoms with Crippen molar-refractivity contribution in [2.75, 3.05) is 43.5 Å². The van der Waals surface area contributed by atoms with Crippen molar-refractivity contribution in [1.29, 1.82) is 0 Å². The van der Waals surface area contributed by atoms with Crippen LogP contribution in [0.3, 0.4) is 0 Å². The van der Waals surface area contributed by atoms with E-state index in [0.717, 1.165) is 43.2 Å². The molecule has 0 atom stereocenters. The molecule has 1 aliphatic heterocycles. The Labute approximate surface area is 196 Å². The summed E-state index contributed by atoms with van der Waals surface area (Å²) in [4.78, 5) is 17.7. The van der Waals surface area contributed by atoms with Crippen LogP contribution in [-0.4, -0.2) is 49.3 Å². The van der Waals surface area contributed by atoms with Gasteiger partial charge in [0.05, 0.1) is 12.7 Å². The molecule has 5 nitrogen and oxygen atoms in total. The summed E-state index contributed by atoms with van der Waals surface area (Å²) in [6.07, 6.45) is 0.736. The first-order chi connectivity index (χ1) is 15.5. The molecule has 8 heteroatoms. The number of benzene rings is 2. The van der Waals surface area contributed by atoms with Crippen LogP contribution >= 0.6 is 23.6 Å². The third-order valence-corrected chi connectivity index (χ3v) is 6.80. The van der Waals surface area contributed by atoms with Crippen molar-refractivity contribution in [1.82, 2.24) is 4.90 Å². The second kappa shape index (κ2) is 10.1. The maximum absolute atomic E-state index is 13.2. The van der Waals surface area contributed by atoms with E-state index in [2.05, 4.69) is 27.2 Å². The molecule has 0 saturated carbocycles. The van der Waals surface area contributed by atoms with E-state index in [1.165, 1.54) is 36.1 Å². The van der Waals surface area contributed by atoms with Crippen molar-refractivity contribution in [2.45, 2.75) is 6.42 Å². The molecule has 0 unspecified atom stereocenters. The molecule has 1 saturated heterocycles. The van der Waals surface area contributed by atoms with Crippen molar-refractivity contribution in [3.8, 4) is 0 Å². The fraction of sp³-hybridized carbons (Fsp3) is 0.250. The molecule has 166 valence electrons. The summed E-state index contributed by atoms with van der Waals surface area (Å²) in [5.74, 6) is -0.617. The molecule has 32 heavy (non-hydrogen) atoms. The minimum atomic E-state index is -0.382. The molecular formula is C24H24FN3O2S2. The lowest BCUT2D eigenvalue weighted by Gasteiger charge is -2.37. The molecule has 0 amide bonds. The van der Waals surface area contributed by atoms with Crippen molar-refractivity contribution in [3.05, 3.63) is 82.5 Å². The van der Waals surface area contributed by atoms with Gasteiger partial charge in [-0.2, -0.15) is 0 Å². The van der Waals surface area contributed by atoms with Gasteiger partial charge in [-0.25, -0.2) is 9.18 Å². The van der Waals surface area contributed by atoms with E-state index in [-0.39, 0.29) is 11.8 Å². The van der Waals surface area contributed by atoms with E-state index in [9.17, 15) is 9.18 Å². The molecule has 2 heterocycles. The number of anilines is 2. The minimum Gasteiger partial charge on any atom is -0.465 e. The maximum Gasteiger partial charge on any atom is 0.340 e. The Kier molecular flexibility index (Phi) is 7.02. The van der Waals surface area contributed by atoms with E-state index < -0.39 is 0 Å². The van der Waals surface area contributed by atoms with Gasteiger partial charge in [-0.05, 0) is 48.1 Å². The van der Waals surface area contributed by atoms with Gasteiger partial charge < -0.3 is 19.9 Å². The Balaban J connectivity index is 1.42. The smallest absolute Gasteiger partial charge is 0.340 e. The second-order valence-electron chi connectivity index (χ2n) is 7.49. The lowest BCUT2D eigenvalue weighted by atomic mass is 10.1. The number of nitrogens with one attached hydrogen (secondary N) is 1. The van der Waals surface area contributed by atoms with Crippen LogP contribution in [-0.2, 0) is 11.2 Å². The molecule has 3 aromatic rings. The van der Waals surface area contributed by atoms with Crippen LogP contribution in [0.25, 0.3) is 0 Å². The zero-order chi connectivity index (χ0) is 22.5. The van der Waals surface area contributed by atoms with Crippen LogP contribution in [0.2, 0.25) is 0 Å². The van der Waals surface area contributed by atoms with E-state index in [4.69, 9.17) is 17.0 Å². The zero-order valence-corrected chi connectivity index (χ0v) is 19.3. The van der Waals surface area contributed by atoms with Crippen LogP contribution < -0.4 is 10.2 Å². The Hall–Kier alpha value is -2.97. The molecule has 1 aliphatic rings. The third-order valence-electron chi connectivity index (χ3n) is 5.39. The first kappa shape index (κ1) is 22.2. The molecule has 0 spiro atoms. The predicted octanol–water partition coefficient (Wildman–Crippen LogP) is 4.78. The molecule has 4 rings (SSSR count). The summed E-state index contributed by atoms with van der Waals surface area (Å²) in [7, 11) is 1.38. The molecule has 0 radical (unpaired) electrons. The van der Waals surface area contributed by atoms with Gasteiger partial charge in [0.25, 0.3) is 0 Å². The molecule has 0 aliphatic carbocycles. The summed E-state index contributed by atoms with van der Waals surface area (Å²) in [5, 5.41) is 4.56. The number of thiophene rings is 1. The highest BCUT2D eigenvalue weighted by atomic mass is 32.1. The largest absolute Gasteiger partial charge is 0.465 e. The SMILES string of the molecule is COC(=O)c1cc(Cc2ccccc2)sc1NC(=S)N1CCN(c2ccc(F)cc2)CC1. The van der Waals surface area contributed by atoms with Gasteiger partial charge in [-0.1, -0.05) is 30.3 Å². The number of methoxy groups -OCH3 is 1. The number of rotatable bonds is 5. The number of nitrogens with zero attached hydrogens (tertiary/aromatic N) is 2. The Morgan fingerprint density at radius 1 is 1.09 bits per heavy atom. The van der Waals surface area contributed by atoms with Gasteiger partial charge in [0.15, 0.2) is 5.11 Å². The highest BCUT2D eigenvalue weighted by molar-refractivity contribution is 7.80. The van der Waals surface area contributed by atoms with Crippen LogP contribution in [0.5, 0.6) is 0 Å². The molecule has 1 fully saturated rings. The quantitative estimate of drug-likeness (QED) is 0.429. The zero-order valence-electron chi connectivity index (χ0n) is 17.7. The van der Waals surface area contributed by atoms with Gasteiger partial charge in [-0.3, -0.25) is 0 Å². The Bertz CT molecular complexity index is 1080. The Morgan fingerprint density at radius 3 is 2.44 bits per heavy atom. The fourth-order valence-electron chi connectivity index (χ4n) is 3.68. The number of esters is 1. The van der Waals surface area contributed by atoms with Gasteiger partial charge in [-0.15, -0.1) is 11.3 Å². The van der Waals surface area contributed by atoms with Crippen LogP contribution in [0, 0.1) is 5.82 Å². The monoisotopic (exact) mass is 469 g/mol. The van der Waals surface area contributed by atoms with Crippen molar-refractivity contribution >= 4 is 45.3 Å². The average molecular weight is 470 g/mol. The third kappa shape index (κ3) is 5.26. The molecule has 1 aromatic heterocycles. The summed E-state index contributed by atoms with van der Waals surface area (Å²) in [6, 6.07) is 18.5. The van der Waals surface area contributed by atoms with E-state index in [1.54, 1.807) is 12.1 Å². The lowest BCUT2D eigenvalue weighted by molar-refractivity contribution is 0.0602. The fourth-order valence-corrected chi connectivity index (χ4v) is 5.10. The second-order valence-corrected chi connectivity index (χ2v) is 9.01. The highest BCUT2D eigenvalue weighted by Gasteiger charge is 2.22. The van der Waals surface area contributed by atoms with Crippen molar-refractivity contribution < 1.29 is 13.9 Å². The van der Waals surface area contributed by atoms with Crippen molar-refractivity contribution in [2.24, 2.45) is 0 Å². The lowest BCUT2D eigenvalue weighted by Crippen LogP contribution is -2.50. The number of halogens is 1. The number of ether oxygens (including phenoxy) is 1. The minimum absolute atomic E-state index is 0.234. The van der Waals surface area contributed by atoms with Gasteiger partial charge in [0.2, 0.25) is 0 Å². The number of carbonyl (C=O) groups is 1. The number of hydrogen-bond acceptors (Lipinski definition) is 5. The predicted molar refractivity (Wildman–Crippen MR) is 131 cm³/mol. The summed E-state index contributed by atoms with van der Waals surface area (Å²) >= 11 is 7.17. The van der Waals surface area contributed by atoms with Gasteiger partial charge >= 0.3 is 5.97 Å². The summed E-state index contributed by atoms with van der Waals surface area (Å²) in [6.45, 7) is 3.03. The Morgan fingerprint density at radius 2 is 1.78 bits per heavy atom. The molecule has 0 bridgehead atoms. The van der Waals surface area contributed by atoms with Gasteiger partial charge in [0.1, 0.15) is 10.8 Å². The molecule has 2 aromatic carbocycles. The first-order valence-electron chi connectivity index (χ1n) is 10.3. The number of piperazine rings is 1. The highest BCUT2D eigenvalue weighted by Crippen LogP contribution is 2.31. The number of thiocarbonyl (C=S) groups is 1. The summed E-state index contributed by atoms with van der Waals surface area (Å²) in [5.41, 5.74) is 2.67. The van der Waals surface area contributed by atoms with E-state index >= 15 is 0 Å². The number of hydrogen-bond donors (Lipinski definition) is 1. The first-order valence-corrected chi connectivity index (χ1v) is 11.6. The molecular weight excluding hydrogens is 445 g/mol. The maximum atomic E-state index is 13.2. The number of carbonyl (C=O) groups excluding carboxylic acids is 1. The van der Waals surface area contributed by atoms with Crippen LogP contribution in [0.15, 0.2) is 60.7 Å². The van der Waals surface area contributed by atoms with Crippen LogP contribution in [0.1, 0.15) is 20.8 Å². The normalized spacial score (nSPS) is 13.7. The van der Waals surface area contributed by atoms with E-state index in [0.29, 0.717) is 15.7 Å².